The Balaban J connectivity index is 1.41. The second-order valence-electron chi connectivity index (χ2n) is 6.77. The minimum Gasteiger partial charge on any atom is -0.352 e. The molecule has 3 rings (SSSR count). The van der Waals surface area contributed by atoms with Gasteiger partial charge < -0.3 is 10.6 Å². The molecule has 8 nitrogen and oxygen atoms in total. The molecule has 30 heavy (non-hydrogen) atoms. The van der Waals surface area contributed by atoms with Crippen molar-refractivity contribution in [2.24, 2.45) is 0 Å². The second kappa shape index (κ2) is 9.47. The zero-order valence-electron chi connectivity index (χ0n) is 16.2. The average Bonchev–Trinajstić information content (AvgIpc) is 2.98. The van der Waals surface area contributed by atoms with Crippen molar-refractivity contribution in [1.82, 2.24) is 10.2 Å². The SMILES string of the molecule is N#CCC(=O)Nc1ccc(CNC(=O)CCCN2C(=O)c3ccccc3C2=O)cc1. The molecule has 4 amide bonds. The van der Waals surface area contributed by atoms with Crippen molar-refractivity contribution in [3.8, 4) is 6.07 Å². The second-order valence-corrected chi connectivity index (χ2v) is 6.77. The maximum absolute atomic E-state index is 12.3. The van der Waals surface area contributed by atoms with Crippen molar-refractivity contribution in [1.29, 1.82) is 5.26 Å². The third kappa shape index (κ3) is 4.89. The molecule has 8 heteroatoms. The zero-order chi connectivity index (χ0) is 21.5. The summed E-state index contributed by atoms with van der Waals surface area (Å²) in [4.78, 5) is 49.2. The van der Waals surface area contributed by atoms with Gasteiger partial charge in [0.25, 0.3) is 11.8 Å². The predicted octanol–water partition coefficient (Wildman–Crippen LogP) is 2.23. The van der Waals surface area contributed by atoms with Gasteiger partial charge in [0.15, 0.2) is 0 Å². The third-order valence-corrected chi connectivity index (χ3v) is 4.63. The fourth-order valence-electron chi connectivity index (χ4n) is 3.11. The highest BCUT2D eigenvalue weighted by Crippen LogP contribution is 2.22. The van der Waals surface area contributed by atoms with Crippen LogP contribution in [-0.4, -0.2) is 35.1 Å². The van der Waals surface area contributed by atoms with E-state index in [1.807, 2.05) is 0 Å². The van der Waals surface area contributed by atoms with E-state index in [-0.39, 0.29) is 43.0 Å². The van der Waals surface area contributed by atoms with Gasteiger partial charge in [-0.1, -0.05) is 24.3 Å². The fourth-order valence-corrected chi connectivity index (χ4v) is 3.11. The molecule has 2 N–H and O–H groups in total. The summed E-state index contributed by atoms with van der Waals surface area (Å²) >= 11 is 0. The summed E-state index contributed by atoms with van der Waals surface area (Å²) in [7, 11) is 0. The van der Waals surface area contributed by atoms with Crippen LogP contribution >= 0.6 is 0 Å². The molecule has 0 aliphatic carbocycles. The van der Waals surface area contributed by atoms with Crippen LogP contribution in [0.25, 0.3) is 0 Å². The Kier molecular flexibility index (Phi) is 6.55. The number of imide groups is 1. The molecule has 0 saturated carbocycles. The number of carbonyl (C=O) groups is 4. The molecule has 0 atom stereocenters. The first-order valence-electron chi connectivity index (χ1n) is 9.47. The number of nitriles is 1. The lowest BCUT2D eigenvalue weighted by Crippen LogP contribution is -2.32. The lowest BCUT2D eigenvalue weighted by Gasteiger charge is -2.13. The molecule has 0 bridgehead atoms. The van der Waals surface area contributed by atoms with Crippen molar-refractivity contribution in [3.63, 3.8) is 0 Å². The molecule has 0 spiro atoms. The Bertz CT molecular complexity index is 989. The Labute approximate surface area is 173 Å². The van der Waals surface area contributed by atoms with E-state index in [4.69, 9.17) is 5.26 Å². The monoisotopic (exact) mass is 404 g/mol. The van der Waals surface area contributed by atoms with Gasteiger partial charge in [-0.2, -0.15) is 5.26 Å². The smallest absolute Gasteiger partial charge is 0.261 e. The van der Waals surface area contributed by atoms with Gasteiger partial charge in [0.05, 0.1) is 17.2 Å². The van der Waals surface area contributed by atoms with E-state index < -0.39 is 0 Å². The van der Waals surface area contributed by atoms with E-state index in [0.29, 0.717) is 29.8 Å². The number of nitrogens with zero attached hydrogens (tertiary/aromatic N) is 2. The predicted molar refractivity (Wildman–Crippen MR) is 108 cm³/mol. The van der Waals surface area contributed by atoms with Crippen LogP contribution in [-0.2, 0) is 16.1 Å². The van der Waals surface area contributed by atoms with Crippen molar-refractivity contribution in [2.75, 3.05) is 11.9 Å². The van der Waals surface area contributed by atoms with Gasteiger partial charge in [0.2, 0.25) is 11.8 Å². The van der Waals surface area contributed by atoms with E-state index in [1.54, 1.807) is 54.6 Å². The molecule has 0 aromatic heterocycles. The van der Waals surface area contributed by atoms with Crippen molar-refractivity contribution >= 4 is 29.3 Å². The number of rotatable bonds is 8. The fraction of sp³-hybridized carbons (Fsp3) is 0.227. The molecule has 0 radical (unpaired) electrons. The van der Waals surface area contributed by atoms with Gasteiger partial charge in [-0.05, 0) is 36.2 Å². The van der Waals surface area contributed by atoms with E-state index in [2.05, 4.69) is 10.6 Å². The van der Waals surface area contributed by atoms with Crippen LogP contribution in [0.1, 0.15) is 45.5 Å². The Morgan fingerprint density at radius 1 is 0.933 bits per heavy atom. The highest BCUT2D eigenvalue weighted by molar-refractivity contribution is 6.21. The maximum atomic E-state index is 12.3. The topological polar surface area (TPSA) is 119 Å². The van der Waals surface area contributed by atoms with Gasteiger partial charge in [-0.15, -0.1) is 0 Å². The first-order chi connectivity index (χ1) is 14.5. The van der Waals surface area contributed by atoms with Crippen LogP contribution < -0.4 is 10.6 Å². The molecular weight excluding hydrogens is 384 g/mol. The highest BCUT2D eigenvalue weighted by atomic mass is 16.2. The minimum atomic E-state index is -0.378. The van der Waals surface area contributed by atoms with Crippen LogP contribution in [0.15, 0.2) is 48.5 Å². The lowest BCUT2D eigenvalue weighted by molar-refractivity contribution is -0.121. The Morgan fingerprint density at radius 3 is 2.17 bits per heavy atom. The molecule has 2 aromatic carbocycles. The Morgan fingerprint density at radius 2 is 1.57 bits per heavy atom. The van der Waals surface area contributed by atoms with Gasteiger partial charge in [-0.3, -0.25) is 24.1 Å². The Hall–Kier alpha value is -3.99. The number of hydrogen-bond acceptors (Lipinski definition) is 5. The summed E-state index contributed by atoms with van der Waals surface area (Å²) in [6.45, 7) is 0.509. The van der Waals surface area contributed by atoms with Crippen molar-refractivity contribution < 1.29 is 19.2 Å². The summed E-state index contributed by atoms with van der Waals surface area (Å²) in [5.41, 5.74) is 2.23. The van der Waals surface area contributed by atoms with Crippen LogP contribution in [0.3, 0.4) is 0 Å². The number of amides is 4. The van der Waals surface area contributed by atoms with Gasteiger partial charge in [0, 0.05) is 25.2 Å². The standard InChI is InChI=1S/C22H20N4O4/c23-12-11-20(28)25-16-9-7-15(8-10-16)14-24-19(27)6-3-13-26-21(29)17-4-1-2-5-18(17)22(26)30/h1-2,4-5,7-10H,3,6,11,13-14H2,(H,24,27)(H,25,28). The molecule has 0 fully saturated rings. The first kappa shape index (κ1) is 20.7. The molecule has 2 aromatic rings. The highest BCUT2D eigenvalue weighted by Gasteiger charge is 2.34. The largest absolute Gasteiger partial charge is 0.352 e. The maximum Gasteiger partial charge on any atom is 0.261 e. The first-order valence-corrected chi connectivity index (χ1v) is 9.47. The summed E-state index contributed by atoms with van der Waals surface area (Å²) in [6, 6.07) is 15.4. The van der Waals surface area contributed by atoms with Crippen LogP contribution in [0.2, 0.25) is 0 Å². The molecule has 0 saturated heterocycles. The number of anilines is 1. The third-order valence-electron chi connectivity index (χ3n) is 4.63. The number of nitrogens with one attached hydrogen (secondary N) is 2. The van der Waals surface area contributed by atoms with E-state index >= 15 is 0 Å². The summed E-state index contributed by atoms with van der Waals surface area (Å²) in [5.74, 6) is -1.20. The van der Waals surface area contributed by atoms with Crippen LogP contribution in [0, 0.1) is 11.3 Å². The van der Waals surface area contributed by atoms with Crippen molar-refractivity contribution in [3.05, 3.63) is 65.2 Å². The summed E-state index contributed by atoms with van der Waals surface area (Å²) < 4.78 is 0. The molecule has 0 unspecified atom stereocenters. The van der Waals surface area contributed by atoms with Gasteiger partial charge in [-0.25, -0.2) is 0 Å². The quantitative estimate of drug-likeness (QED) is 0.654. The van der Waals surface area contributed by atoms with E-state index in [0.717, 1.165) is 5.56 Å². The number of benzene rings is 2. The molecule has 1 aliphatic heterocycles. The van der Waals surface area contributed by atoms with Gasteiger partial charge in [0.1, 0.15) is 6.42 Å². The molecule has 1 heterocycles. The number of hydrogen-bond donors (Lipinski definition) is 2. The van der Waals surface area contributed by atoms with E-state index in [9.17, 15) is 19.2 Å². The lowest BCUT2D eigenvalue weighted by atomic mass is 10.1. The van der Waals surface area contributed by atoms with Crippen LogP contribution in [0.4, 0.5) is 5.69 Å². The molecule has 1 aliphatic rings. The normalized spacial score (nSPS) is 12.3. The minimum absolute atomic E-state index is 0.182. The number of carbonyl (C=O) groups excluding carboxylic acids is 4. The summed E-state index contributed by atoms with van der Waals surface area (Å²) in [5, 5.41) is 13.9. The average molecular weight is 404 g/mol. The molecule has 152 valence electrons. The van der Waals surface area contributed by atoms with Crippen LogP contribution in [0.5, 0.6) is 0 Å². The van der Waals surface area contributed by atoms with Crippen molar-refractivity contribution in [2.45, 2.75) is 25.8 Å². The van der Waals surface area contributed by atoms with E-state index in [1.165, 1.54) is 4.90 Å². The summed E-state index contributed by atoms with van der Waals surface area (Å²) in [6.07, 6.45) is 0.357. The van der Waals surface area contributed by atoms with Gasteiger partial charge >= 0.3 is 0 Å². The zero-order valence-corrected chi connectivity index (χ0v) is 16.2. The number of fused-ring (bicyclic) bond motifs is 1. The molecular formula is C22H20N4O4.